The zero-order chi connectivity index (χ0) is 13.4. The Balaban J connectivity index is 1.91. The Labute approximate surface area is 116 Å². The predicted octanol–water partition coefficient (Wildman–Crippen LogP) is 3.85. The molecule has 3 heterocycles. The van der Waals surface area contributed by atoms with Gasteiger partial charge in [0.15, 0.2) is 0 Å². The summed E-state index contributed by atoms with van der Waals surface area (Å²) in [6.45, 7) is 0. The van der Waals surface area contributed by atoms with Gasteiger partial charge >= 0.3 is 0 Å². The number of hydrogen-bond acceptors (Lipinski definition) is 3. The average molecular weight is 257 g/mol. The minimum absolute atomic E-state index is 0.889. The number of fused-ring (bicyclic) bond motifs is 2. The first-order valence-electron chi connectivity index (χ1n) is 6.47. The maximum absolute atomic E-state index is 4.68. The van der Waals surface area contributed by atoms with E-state index in [2.05, 4.69) is 27.1 Å². The molecular formula is C17H11N3. The summed E-state index contributed by atoms with van der Waals surface area (Å²) in [5.41, 5.74) is 4.69. The Morgan fingerprint density at radius 3 is 2.60 bits per heavy atom. The summed E-state index contributed by atoms with van der Waals surface area (Å²) in [5, 5.41) is 1.14. The summed E-state index contributed by atoms with van der Waals surface area (Å²) in [5.74, 6) is 0. The van der Waals surface area contributed by atoms with Gasteiger partial charge in [-0.2, -0.15) is 0 Å². The zero-order valence-corrected chi connectivity index (χ0v) is 10.7. The summed E-state index contributed by atoms with van der Waals surface area (Å²) in [7, 11) is 0. The van der Waals surface area contributed by atoms with E-state index in [1.165, 1.54) is 0 Å². The normalized spacial score (nSPS) is 11.0. The van der Waals surface area contributed by atoms with Crippen LogP contribution in [0.3, 0.4) is 0 Å². The number of benzene rings is 1. The van der Waals surface area contributed by atoms with Crippen molar-refractivity contribution < 1.29 is 0 Å². The van der Waals surface area contributed by atoms with Gasteiger partial charge in [-0.05, 0) is 30.3 Å². The van der Waals surface area contributed by atoms with Crippen LogP contribution in [0.15, 0.2) is 67.0 Å². The molecule has 0 amide bonds. The molecule has 4 rings (SSSR count). The monoisotopic (exact) mass is 257 g/mol. The van der Waals surface area contributed by atoms with Crippen LogP contribution < -0.4 is 0 Å². The van der Waals surface area contributed by atoms with Crippen LogP contribution >= 0.6 is 0 Å². The van der Waals surface area contributed by atoms with Gasteiger partial charge in [-0.1, -0.05) is 24.3 Å². The van der Waals surface area contributed by atoms with Gasteiger partial charge in [0, 0.05) is 23.3 Å². The molecule has 0 radical (unpaired) electrons. The highest BCUT2D eigenvalue weighted by molar-refractivity contribution is 5.83. The van der Waals surface area contributed by atoms with E-state index >= 15 is 0 Å². The predicted molar refractivity (Wildman–Crippen MR) is 80.3 cm³/mol. The van der Waals surface area contributed by atoms with Crippen LogP contribution in [0.5, 0.6) is 0 Å². The first kappa shape index (κ1) is 11.1. The van der Waals surface area contributed by atoms with Crippen molar-refractivity contribution >= 4 is 21.9 Å². The molecule has 0 bridgehead atoms. The summed E-state index contributed by atoms with van der Waals surface area (Å²) in [4.78, 5) is 13.5. The van der Waals surface area contributed by atoms with Crippen LogP contribution in [0.25, 0.3) is 33.2 Å². The Kier molecular flexibility index (Phi) is 2.42. The second-order valence-corrected chi connectivity index (χ2v) is 4.65. The molecule has 20 heavy (non-hydrogen) atoms. The number of aromatic nitrogens is 3. The fraction of sp³-hybridized carbons (Fsp3) is 0. The molecule has 0 aliphatic rings. The van der Waals surface area contributed by atoms with Crippen LogP contribution in [-0.2, 0) is 0 Å². The number of pyridine rings is 3. The van der Waals surface area contributed by atoms with Gasteiger partial charge in [-0.15, -0.1) is 0 Å². The Morgan fingerprint density at radius 1 is 0.700 bits per heavy atom. The largest absolute Gasteiger partial charge is 0.255 e. The molecule has 0 aliphatic carbocycles. The lowest BCUT2D eigenvalue weighted by molar-refractivity contribution is 1.31. The quantitative estimate of drug-likeness (QED) is 0.520. The van der Waals surface area contributed by atoms with Gasteiger partial charge in [-0.3, -0.25) is 9.97 Å². The average Bonchev–Trinajstić information content (AvgIpc) is 2.54. The number of para-hydroxylation sites is 1. The molecule has 0 saturated carbocycles. The van der Waals surface area contributed by atoms with E-state index in [0.717, 1.165) is 33.2 Å². The number of rotatable bonds is 1. The first-order chi connectivity index (χ1) is 9.90. The van der Waals surface area contributed by atoms with E-state index in [-0.39, 0.29) is 0 Å². The first-order valence-corrected chi connectivity index (χ1v) is 6.47. The Hall–Kier alpha value is -2.81. The van der Waals surface area contributed by atoms with Crippen molar-refractivity contribution in [3.8, 4) is 11.3 Å². The smallest absolute Gasteiger partial charge is 0.0893 e. The standard InChI is InChI=1S/C17H11N3/c1-2-5-14-12(4-1)7-8-15(20-14)13-10-17-16(19-11-13)6-3-9-18-17/h1-11H. The molecule has 1 aromatic carbocycles. The van der Waals surface area contributed by atoms with Crippen molar-refractivity contribution in [1.29, 1.82) is 0 Å². The second-order valence-electron chi connectivity index (χ2n) is 4.65. The highest BCUT2D eigenvalue weighted by Gasteiger charge is 2.04. The maximum atomic E-state index is 4.68. The maximum Gasteiger partial charge on any atom is 0.0893 e. The minimum atomic E-state index is 0.889. The zero-order valence-electron chi connectivity index (χ0n) is 10.7. The molecule has 94 valence electrons. The van der Waals surface area contributed by atoms with E-state index in [4.69, 9.17) is 0 Å². The molecule has 3 aromatic heterocycles. The molecule has 0 N–H and O–H groups in total. The van der Waals surface area contributed by atoms with E-state index in [0.29, 0.717) is 0 Å². The fourth-order valence-electron chi connectivity index (χ4n) is 2.32. The second kappa shape index (κ2) is 4.38. The van der Waals surface area contributed by atoms with E-state index in [1.54, 1.807) is 6.20 Å². The SMILES string of the molecule is c1ccc2nc(-c3cnc4cccnc4c3)ccc2c1. The Bertz CT molecular complexity index is 838. The van der Waals surface area contributed by atoms with Crippen LogP contribution in [0.1, 0.15) is 0 Å². The third-order valence-electron chi connectivity index (χ3n) is 3.35. The van der Waals surface area contributed by atoms with E-state index < -0.39 is 0 Å². The van der Waals surface area contributed by atoms with Crippen molar-refractivity contribution in [2.45, 2.75) is 0 Å². The molecule has 0 saturated heterocycles. The van der Waals surface area contributed by atoms with Gasteiger partial charge < -0.3 is 0 Å². The third-order valence-corrected chi connectivity index (χ3v) is 3.35. The number of nitrogens with zero attached hydrogens (tertiary/aromatic N) is 3. The van der Waals surface area contributed by atoms with E-state index in [1.807, 2.05) is 48.7 Å². The molecule has 0 spiro atoms. The van der Waals surface area contributed by atoms with E-state index in [9.17, 15) is 0 Å². The van der Waals surface area contributed by atoms with Crippen LogP contribution in [0, 0.1) is 0 Å². The van der Waals surface area contributed by atoms with Gasteiger partial charge in [0.05, 0.1) is 22.2 Å². The fourth-order valence-corrected chi connectivity index (χ4v) is 2.32. The van der Waals surface area contributed by atoms with Gasteiger partial charge in [0.2, 0.25) is 0 Å². The molecule has 0 aliphatic heterocycles. The van der Waals surface area contributed by atoms with Crippen molar-refractivity contribution in [2.75, 3.05) is 0 Å². The molecule has 3 nitrogen and oxygen atoms in total. The van der Waals surface area contributed by atoms with Crippen molar-refractivity contribution in [1.82, 2.24) is 15.0 Å². The highest BCUT2D eigenvalue weighted by atomic mass is 14.8. The highest BCUT2D eigenvalue weighted by Crippen LogP contribution is 2.22. The molecule has 0 fully saturated rings. The molecule has 0 atom stereocenters. The Morgan fingerprint density at radius 2 is 1.60 bits per heavy atom. The molecule has 0 unspecified atom stereocenters. The lowest BCUT2D eigenvalue weighted by Gasteiger charge is -2.04. The summed E-state index contributed by atoms with van der Waals surface area (Å²) >= 11 is 0. The lowest BCUT2D eigenvalue weighted by Crippen LogP contribution is -1.88. The third kappa shape index (κ3) is 1.80. The number of hydrogen-bond donors (Lipinski definition) is 0. The van der Waals surface area contributed by atoms with Crippen molar-refractivity contribution in [3.05, 3.63) is 67.0 Å². The summed E-state index contributed by atoms with van der Waals surface area (Å²) in [6.07, 6.45) is 3.63. The minimum Gasteiger partial charge on any atom is -0.255 e. The van der Waals surface area contributed by atoms with Crippen LogP contribution in [0.4, 0.5) is 0 Å². The van der Waals surface area contributed by atoms with Gasteiger partial charge in [0.1, 0.15) is 0 Å². The summed E-state index contributed by atoms with van der Waals surface area (Å²) < 4.78 is 0. The van der Waals surface area contributed by atoms with Crippen LogP contribution in [0.2, 0.25) is 0 Å². The molecular weight excluding hydrogens is 246 g/mol. The molecule has 3 heteroatoms. The van der Waals surface area contributed by atoms with Gasteiger partial charge in [0.25, 0.3) is 0 Å². The summed E-state index contributed by atoms with van der Waals surface area (Å²) in [6, 6.07) is 18.1. The molecule has 4 aromatic rings. The van der Waals surface area contributed by atoms with Gasteiger partial charge in [-0.25, -0.2) is 4.98 Å². The lowest BCUT2D eigenvalue weighted by atomic mass is 10.1. The topological polar surface area (TPSA) is 38.7 Å². The van der Waals surface area contributed by atoms with Crippen LogP contribution in [-0.4, -0.2) is 15.0 Å². The van der Waals surface area contributed by atoms with Crippen molar-refractivity contribution in [2.24, 2.45) is 0 Å². The van der Waals surface area contributed by atoms with Crippen molar-refractivity contribution in [3.63, 3.8) is 0 Å².